The van der Waals surface area contributed by atoms with Crippen LogP contribution in [0.15, 0.2) is 48.5 Å². The fourth-order valence-corrected chi connectivity index (χ4v) is 4.49. The van der Waals surface area contributed by atoms with E-state index < -0.39 is 48.1 Å². The fraction of sp³-hybridized carbons (Fsp3) is 0.419. The van der Waals surface area contributed by atoms with Crippen molar-refractivity contribution >= 4 is 23.9 Å². The van der Waals surface area contributed by atoms with Crippen LogP contribution in [0.2, 0.25) is 0 Å². The Kier molecular flexibility index (Phi) is 10.4. The lowest BCUT2D eigenvalue weighted by molar-refractivity contribution is -0.148. The highest BCUT2D eigenvalue weighted by Gasteiger charge is 2.42. The van der Waals surface area contributed by atoms with Gasteiger partial charge in [-0.25, -0.2) is 4.79 Å². The third-order valence-corrected chi connectivity index (χ3v) is 6.66. The molecule has 3 N–H and O–H groups in total. The molecule has 10 heteroatoms. The predicted octanol–water partition coefficient (Wildman–Crippen LogP) is 3.22. The minimum absolute atomic E-state index is 0.0565. The van der Waals surface area contributed by atoms with E-state index in [0.29, 0.717) is 29.5 Å². The van der Waals surface area contributed by atoms with Crippen LogP contribution in [0.3, 0.4) is 0 Å². The minimum Gasteiger partial charge on any atom is -0.508 e. The Morgan fingerprint density at radius 2 is 1.76 bits per heavy atom. The van der Waals surface area contributed by atoms with E-state index in [9.17, 15) is 24.3 Å². The van der Waals surface area contributed by atoms with Crippen LogP contribution < -0.4 is 10.6 Å². The Morgan fingerprint density at radius 3 is 2.32 bits per heavy atom. The van der Waals surface area contributed by atoms with Gasteiger partial charge in [0.05, 0.1) is 7.11 Å². The molecule has 10 nitrogen and oxygen atoms in total. The summed E-state index contributed by atoms with van der Waals surface area (Å²) in [6.45, 7) is 4.73. The van der Waals surface area contributed by atoms with Crippen molar-refractivity contribution in [1.82, 2.24) is 15.5 Å². The van der Waals surface area contributed by atoms with Crippen LogP contribution in [0, 0.1) is 12.3 Å². The minimum atomic E-state index is -1.19. The molecule has 1 saturated carbocycles. The van der Waals surface area contributed by atoms with Gasteiger partial charge in [0.1, 0.15) is 30.0 Å². The second-order valence-corrected chi connectivity index (χ2v) is 10.8. The van der Waals surface area contributed by atoms with Gasteiger partial charge >= 0.3 is 12.1 Å². The van der Waals surface area contributed by atoms with Gasteiger partial charge in [0.25, 0.3) is 0 Å². The number of aromatic hydroxyl groups is 1. The van der Waals surface area contributed by atoms with Crippen molar-refractivity contribution in [3.05, 3.63) is 65.2 Å². The molecule has 2 aromatic rings. The standard InChI is InChI=1S/C31H37N3O7/c1-6-21-10-7-8-13-24(21)27(28(37)32-19-26(36)40-5)34(22-11-9-12-22)29(38)25(33-30(39)41-31(2,3)4)18-20-14-16-23(35)17-15-20/h1,7-8,10,13-17,22,25,27,35H,9,11-12,18-19H2,2-5H3,(H,32,37)(H,33,39). The van der Waals surface area contributed by atoms with Gasteiger partial charge in [-0.2, -0.15) is 0 Å². The maximum atomic E-state index is 14.4. The topological polar surface area (TPSA) is 134 Å². The maximum Gasteiger partial charge on any atom is 0.408 e. The van der Waals surface area contributed by atoms with Crippen LogP contribution in [0.25, 0.3) is 0 Å². The number of nitrogens with zero attached hydrogens (tertiary/aromatic N) is 1. The molecule has 0 radical (unpaired) electrons. The fourth-order valence-electron chi connectivity index (χ4n) is 4.49. The Labute approximate surface area is 240 Å². The van der Waals surface area contributed by atoms with Gasteiger partial charge in [0, 0.05) is 18.0 Å². The second kappa shape index (κ2) is 13.7. The molecule has 0 bridgehead atoms. The number of phenols is 1. The smallest absolute Gasteiger partial charge is 0.408 e. The molecule has 0 aliphatic heterocycles. The van der Waals surface area contributed by atoms with Gasteiger partial charge in [-0.3, -0.25) is 14.4 Å². The predicted molar refractivity (Wildman–Crippen MR) is 152 cm³/mol. The number of nitrogens with one attached hydrogen (secondary N) is 2. The molecule has 1 aliphatic carbocycles. The molecular weight excluding hydrogens is 526 g/mol. The molecule has 218 valence electrons. The van der Waals surface area contributed by atoms with Gasteiger partial charge in [-0.1, -0.05) is 36.3 Å². The number of terminal acetylenes is 1. The Morgan fingerprint density at radius 1 is 1.10 bits per heavy atom. The summed E-state index contributed by atoms with van der Waals surface area (Å²) in [5, 5.41) is 15.0. The van der Waals surface area contributed by atoms with Crippen molar-refractivity contribution in [2.75, 3.05) is 13.7 Å². The summed E-state index contributed by atoms with van der Waals surface area (Å²) in [4.78, 5) is 54.4. The van der Waals surface area contributed by atoms with E-state index in [0.717, 1.165) is 6.42 Å². The number of hydrogen-bond donors (Lipinski definition) is 3. The number of hydrogen-bond acceptors (Lipinski definition) is 7. The highest BCUT2D eigenvalue weighted by atomic mass is 16.6. The number of esters is 1. The quantitative estimate of drug-likeness (QED) is 0.299. The zero-order valence-electron chi connectivity index (χ0n) is 23.8. The van der Waals surface area contributed by atoms with Gasteiger partial charge in [-0.05, 0) is 69.4 Å². The summed E-state index contributed by atoms with van der Waals surface area (Å²) >= 11 is 0. The van der Waals surface area contributed by atoms with Crippen LogP contribution >= 0.6 is 0 Å². The van der Waals surface area contributed by atoms with Gasteiger partial charge < -0.3 is 30.1 Å². The van der Waals surface area contributed by atoms with E-state index in [1.165, 1.54) is 24.1 Å². The highest BCUT2D eigenvalue weighted by Crippen LogP contribution is 2.35. The van der Waals surface area contributed by atoms with Crippen LogP contribution in [0.1, 0.15) is 62.8 Å². The number of rotatable bonds is 10. The monoisotopic (exact) mass is 563 g/mol. The lowest BCUT2D eigenvalue weighted by Crippen LogP contribution is -2.58. The molecule has 3 rings (SSSR count). The van der Waals surface area contributed by atoms with E-state index in [-0.39, 0.29) is 18.2 Å². The third-order valence-electron chi connectivity index (χ3n) is 6.66. The summed E-state index contributed by atoms with van der Waals surface area (Å²) in [5.74, 6) is 0.862. The number of carbonyl (C=O) groups excluding carboxylic acids is 4. The van der Waals surface area contributed by atoms with Gasteiger partial charge in [-0.15, -0.1) is 6.42 Å². The Balaban J connectivity index is 2.07. The summed E-state index contributed by atoms with van der Waals surface area (Å²) in [7, 11) is 1.21. The van der Waals surface area contributed by atoms with Gasteiger partial charge in [0.15, 0.2) is 0 Å². The number of amides is 3. The van der Waals surface area contributed by atoms with E-state index in [4.69, 9.17) is 11.2 Å². The molecule has 1 aliphatic rings. The van der Waals surface area contributed by atoms with E-state index in [1.54, 1.807) is 57.2 Å². The van der Waals surface area contributed by atoms with Crippen molar-refractivity contribution in [2.45, 2.75) is 70.2 Å². The van der Waals surface area contributed by atoms with Crippen molar-refractivity contribution in [1.29, 1.82) is 0 Å². The average Bonchev–Trinajstić information content (AvgIpc) is 2.89. The maximum absolute atomic E-state index is 14.4. The average molecular weight is 564 g/mol. The molecule has 0 spiro atoms. The summed E-state index contributed by atoms with van der Waals surface area (Å²) in [6.07, 6.45) is 7.18. The molecule has 0 saturated heterocycles. The molecule has 2 unspecified atom stereocenters. The van der Waals surface area contributed by atoms with E-state index in [1.807, 2.05) is 0 Å². The number of phenolic OH excluding ortho intramolecular Hbond substituents is 1. The molecule has 3 amide bonds. The molecule has 1 fully saturated rings. The lowest BCUT2D eigenvalue weighted by Gasteiger charge is -2.43. The van der Waals surface area contributed by atoms with Crippen LogP contribution in [-0.2, 0) is 30.3 Å². The van der Waals surface area contributed by atoms with Crippen LogP contribution in [0.5, 0.6) is 5.75 Å². The van der Waals surface area contributed by atoms with E-state index >= 15 is 0 Å². The number of alkyl carbamates (subject to hydrolysis) is 1. The van der Waals surface area contributed by atoms with Gasteiger partial charge in [0.2, 0.25) is 11.8 Å². The first-order chi connectivity index (χ1) is 19.4. The molecule has 2 aromatic carbocycles. The third kappa shape index (κ3) is 8.48. The molecule has 0 heterocycles. The summed E-state index contributed by atoms with van der Waals surface area (Å²) in [6, 6.07) is 10.4. The first kappa shape index (κ1) is 31.0. The highest BCUT2D eigenvalue weighted by molar-refractivity contribution is 5.94. The lowest BCUT2D eigenvalue weighted by atomic mass is 9.87. The van der Waals surface area contributed by atoms with Crippen molar-refractivity contribution < 1.29 is 33.8 Å². The van der Waals surface area contributed by atoms with Crippen molar-refractivity contribution in [3.63, 3.8) is 0 Å². The first-order valence-corrected chi connectivity index (χ1v) is 13.4. The zero-order valence-corrected chi connectivity index (χ0v) is 23.8. The van der Waals surface area contributed by atoms with E-state index in [2.05, 4.69) is 21.3 Å². The zero-order chi connectivity index (χ0) is 30.2. The molecule has 0 aromatic heterocycles. The second-order valence-electron chi connectivity index (χ2n) is 10.8. The summed E-state index contributed by atoms with van der Waals surface area (Å²) < 4.78 is 10.1. The van der Waals surface area contributed by atoms with Crippen LogP contribution in [-0.4, -0.2) is 65.2 Å². The first-order valence-electron chi connectivity index (χ1n) is 13.4. The SMILES string of the molecule is C#Cc1ccccc1C(C(=O)NCC(=O)OC)N(C(=O)C(Cc1ccc(O)cc1)NC(=O)OC(C)(C)C)C1CCC1. The van der Waals surface area contributed by atoms with Crippen molar-refractivity contribution in [2.24, 2.45) is 0 Å². The Bertz CT molecular complexity index is 1290. The van der Waals surface area contributed by atoms with Crippen molar-refractivity contribution in [3.8, 4) is 18.1 Å². The molecular formula is C31H37N3O7. The Hall–Kier alpha value is -4.52. The van der Waals surface area contributed by atoms with Crippen LogP contribution in [0.4, 0.5) is 4.79 Å². The molecule has 41 heavy (non-hydrogen) atoms. The molecule has 2 atom stereocenters. The normalized spacial score (nSPS) is 14.4. The number of benzene rings is 2. The summed E-state index contributed by atoms with van der Waals surface area (Å²) in [5.41, 5.74) is 0.684. The number of methoxy groups -OCH3 is 1. The largest absolute Gasteiger partial charge is 0.508 e. The number of ether oxygens (including phenoxy) is 2. The number of carbonyl (C=O) groups is 4.